The Morgan fingerprint density at radius 3 is 1.89 bits per heavy atom. The first-order valence-corrected chi connectivity index (χ1v) is 6.85. The van der Waals surface area contributed by atoms with Crippen LogP contribution in [-0.2, 0) is 9.53 Å². The number of carbonyl (C=O) groups is 2. The van der Waals surface area contributed by atoms with Crippen LogP contribution in [0.1, 0.15) is 54.4 Å². The van der Waals surface area contributed by atoms with Gasteiger partial charge in [0.05, 0.1) is 5.41 Å². The van der Waals surface area contributed by atoms with Crippen molar-refractivity contribution in [1.29, 1.82) is 0 Å². The van der Waals surface area contributed by atoms with E-state index in [1.165, 1.54) is 0 Å². The summed E-state index contributed by atoms with van der Waals surface area (Å²) in [6.45, 7) is 12.1. The number of piperidine rings is 1. The van der Waals surface area contributed by atoms with E-state index >= 15 is 0 Å². The normalized spacial score (nSPS) is 18.1. The zero-order valence-electron chi connectivity index (χ0n) is 12.9. The molecule has 0 aromatic carbocycles. The first-order valence-electron chi connectivity index (χ1n) is 6.85. The molecule has 1 aliphatic rings. The van der Waals surface area contributed by atoms with Crippen molar-refractivity contribution in [3.05, 3.63) is 0 Å². The third-order valence-electron chi connectivity index (χ3n) is 3.04. The number of nitrogens with zero attached hydrogens (tertiary/aromatic N) is 1. The summed E-state index contributed by atoms with van der Waals surface area (Å²) in [7, 11) is 0. The number of hydrogen-bond donors (Lipinski definition) is 1. The minimum atomic E-state index is -0.790. The number of ether oxygens (including phenoxy) is 1. The molecule has 1 amide bonds. The van der Waals surface area contributed by atoms with Gasteiger partial charge in [-0.05, 0) is 40.5 Å². The second kappa shape index (κ2) is 6.78. The van der Waals surface area contributed by atoms with Crippen molar-refractivity contribution in [3.8, 4) is 0 Å². The Hall–Kier alpha value is -1.26. The quantitative estimate of drug-likeness (QED) is 0.797. The minimum Gasteiger partial charge on any atom is -0.481 e. The number of rotatable bonds is 1. The lowest BCUT2D eigenvalue weighted by Crippen LogP contribution is -2.46. The van der Waals surface area contributed by atoms with Gasteiger partial charge in [-0.25, -0.2) is 4.79 Å². The van der Waals surface area contributed by atoms with Gasteiger partial charge in [0.2, 0.25) is 0 Å². The van der Waals surface area contributed by atoms with E-state index < -0.39 is 17.0 Å². The fourth-order valence-corrected chi connectivity index (χ4v) is 1.72. The van der Waals surface area contributed by atoms with Crippen LogP contribution in [0.15, 0.2) is 0 Å². The van der Waals surface area contributed by atoms with Crippen LogP contribution in [0.3, 0.4) is 0 Å². The summed E-state index contributed by atoms with van der Waals surface area (Å²) in [6.07, 6.45) is 0.591. The molecule has 0 aromatic rings. The highest BCUT2D eigenvalue weighted by Crippen LogP contribution is 2.31. The Balaban J connectivity index is 0.00000154. The van der Waals surface area contributed by atoms with Gasteiger partial charge in [-0.2, -0.15) is 0 Å². The highest BCUT2D eigenvalue weighted by molar-refractivity contribution is 5.75. The summed E-state index contributed by atoms with van der Waals surface area (Å²) in [6, 6.07) is 0. The molecule has 1 heterocycles. The van der Waals surface area contributed by atoms with E-state index in [0.717, 1.165) is 0 Å². The molecule has 0 spiro atoms. The first kappa shape index (κ1) is 17.7. The van der Waals surface area contributed by atoms with E-state index in [-0.39, 0.29) is 6.09 Å². The topological polar surface area (TPSA) is 66.8 Å². The van der Waals surface area contributed by atoms with Gasteiger partial charge in [-0.3, -0.25) is 4.79 Å². The molecule has 0 aromatic heterocycles. The fraction of sp³-hybridized carbons (Fsp3) is 0.857. The molecule has 5 heteroatoms. The molecular formula is C14H27NO4. The summed E-state index contributed by atoms with van der Waals surface area (Å²) < 4.78 is 5.25. The maximum absolute atomic E-state index is 11.8. The molecule has 1 rings (SSSR count). The molecule has 1 fully saturated rings. The number of hydrogen-bond acceptors (Lipinski definition) is 3. The van der Waals surface area contributed by atoms with E-state index in [4.69, 9.17) is 9.84 Å². The van der Waals surface area contributed by atoms with Crippen LogP contribution in [0.5, 0.6) is 0 Å². The van der Waals surface area contributed by atoms with Gasteiger partial charge in [-0.15, -0.1) is 0 Å². The van der Waals surface area contributed by atoms with Crippen molar-refractivity contribution in [2.24, 2.45) is 5.41 Å². The highest BCUT2D eigenvalue weighted by Gasteiger charge is 2.38. The summed E-state index contributed by atoms with van der Waals surface area (Å²) in [5, 5.41) is 9.07. The predicted molar refractivity (Wildman–Crippen MR) is 74.1 cm³/mol. The molecule has 5 nitrogen and oxygen atoms in total. The summed E-state index contributed by atoms with van der Waals surface area (Å²) in [5.74, 6) is -0.790. The van der Waals surface area contributed by atoms with Crippen molar-refractivity contribution in [1.82, 2.24) is 4.90 Å². The van der Waals surface area contributed by atoms with Crippen molar-refractivity contribution >= 4 is 12.1 Å². The first-order chi connectivity index (χ1) is 8.64. The average molecular weight is 273 g/mol. The van der Waals surface area contributed by atoms with Gasteiger partial charge in [0.25, 0.3) is 0 Å². The molecule has 1 aliphatic heterocycles. The molecule has 0 radical (unpaired) electrons. The second-order valence-electron chi connectivity index (χ2n) is 5.83. The zero-order valence-corrected chi connectivity index (χ0v) is 12.9. The smallest absolute Gasteiger partial charge is 0.410 e. The Kier molecular flexibility index (Phi) is 6.33. The Bertz CT molecular complexity index is 312. The van der Waals surface area contributed by atoms with Crippen molar-refractivity contribution < 1.29 is 19.4 Å². The van der Waals surface area contributed by atoms with Crippen LogP contribution in [0.4, 0.5) is 4.79 Å². The SMILES string of the molecule is CC.CC(C)(C)OC(=O)N1CCC(C)(C(=O)O)CC1. The third kappa shape index (κ3) is 5.49. The van der Waals surface area contributed by atoms with Gasteiger partial charge in [-0.1, -0.05) is 13.8 Å². The Morgan fingerprint density at radius 2 is 1.58 bits per heavy atom. The van der Waals surface area contributed by atoms with E-state index in [0.29, 0.717) is 25.9 Å². The van der Waals surface area contributed by atoms with Gasteiger partial charge in [0.1, 0.15) is 5.60 Å². The fourth-order valence-electron chi connectivity index (χ4n) is 1.72. The molecular weight excluding hydrogens is 246 g/mol. The van der Waals surface area contributed by atoms with E-state index in [1.54, 1.807) is 11.8 Å². The maximum Gasteiger partial charge on any atom is 0.410 e. The van der Waals surface area contributed by atoms with E-state index in [9.17, 15) is 9.59 Å². The monoisotopic (exact) mass is 273 g/mol. The lowest BCUT2D eigenvalue weighted by Gasteiger charge is -2.37. The largest absolute Gasteiger partial charge is 0.481 e. The number of aliphatic carboxylic acids is 1. The molecule has 1 N–H and O–H groups in total. The maximum atomic E-state index is 11.8. The van der Waals surface area contributed by atoms with E-state index in [1.807, 2.05) is 34.6 Å². The van der Waals surface area contributed by atoms with Crippen LogP contribution in [0.2, 0.25) is 0 Å². The van der Waals surface area contributed by atoms with Gasteiger partial charge in [0, 0.05) is 13.1 Å². The standard InChI is InChI=1S/C12H21NO4.C2H6/c1-11(2,3)17-10(16)13-7-5-12(4,6-8-13)9(14)15;1-2/h5-8H2,1-4H3,(H,14,15);1-2H3. The number of amides is 1. The van der Waals surface area contributed by atoms with Crippen LogP contribution in [0.25, 0.3) is 0 Å². The number of carboxylic acid groups (broad SMARTS) is 1. The molecule has 0 saturated carbocycles. The molecule has 112 valence electrons. The van der Waals surface area contributed by atoms with Crippen LogP contribution >= 0.6 is 0 Å². The predicted octanol–water partition coefficient (Wildman–Crippen LogP) is 3.13. The molecule has 0 bridgehead atoms. The second-order valence-corrected chi connectivity index (χ2v) is 5.83. The zero-order chi connectivity index (χ0) is 15.3. The summed E-state index contributed by atoms with van der Waals surface area (Å²) in [4.78, 5) is 24.4. The Morgan fingerprint density at radius 1 is 1.16 bits per heavy atom. The third-order valence-corrected chi connectivity index (χ3v) is 3.04. The summed E-state index contributed by atoms with van der Waals surface area (Å²) in [5.41, 5.74) is -1.22. The van der Waals surface area contributed by atoms with Crippen molar-refractivity contribution in [2.45, 2.75) is 60.0 Å². The molecule has 0 aliphatic carbocycles. The van der Waals surface area contributed by atoms with Crippen molar-refractivity contribution in [3.63, 3.8) is 0 Å². The molecule has 19 heavy (non-hydrogen) atoms. The van der Waals surface area contributed by atoms with E-state index in [2.05, 4.69) is 0 Å². The molecule has 0 atom stereocenters. The van der Waals surface area contributed by atoms with Crippen molar-refractivity contribution in [2.75, 3.05) is 13.1 Å². The lowest BCUT2D eigenvalue weighted by molar-refractivity contribution is -0.150. The minimum absolute atomic E-state index is 0.357. The van der Waals surface area contributed by atoms with Crippen LogP contribution < -0.4 is 0 Å². The van der Waals surface area contributed by atoms with Crippen LogP contribution in [0, 0.1) is 5.41 Å². The van der Waals surface area contributed by atoms with Gasteiger partial charge < -0.3 is 14.7 Å². The number of carboxylic acids is 1. The number of likely N-dealkylation sites (tertiary alicyclic amines) is 1. The summed E-state index contributed by atoms with van der Waals surface area (Å²) >= 11 is 0. The lowest BCUT2D eigenvalue weighted by atomic mass is 9.81. The number of carbonyl (C=O) groups excluding carboxylic acids is 1. The van der Waals surface area contributed by atoms with Crippen LogP contribution in [-0.4, -0.2) is 40.8 Å². The van der Waals surface area contributed by atoms with Gasteiger partial charge >= 0.3 is 12.1 Å². The molecule has 1 saturated heterocycles. The van der Waals surface area contributed by atoms with Gasteiger partial charge in [0.15, 0.2) is 0 Å². The average Bonchev–Trinajstić information content (AvgIpc) is 2.30. The Labute approximate surface area is 115 Å². The highest BCUT2D eigenvalue weighted by atomic mass is 16.6. The molecule has 0 unspecified atom stereocenters.